The summed E-state index contributed by atoms with van der Waals surface area (Å²) in [5, 5.41) is 2.62. The summed E-state index contributed by atoms with van der Waals surface area (Å²) in [5.74, 6) is -0.758. The van der Waals surface area contributed by atoms with Gasteiger partial charge in [0.1, 0.15) is 5.54 Å². The minimum atomic E-state index is -0.877. The molecule has 2 aromatic heterocycles. The highest BCUT2D eigenvalue weighted by molar-refractivity contribution is 6.06. The molecule has 3 amide bonds. The summed E-state index contributed by atoms with van der Waals surface area (Å²) in [4.78, 5) is 40.9. The van der Waals surface area contributed by atoms with E-state index < -0.39 is 17.3 Å². The SMILES string of the molecule is CC1(C)NC(=O)N(CCCn2c(=O)oc3cccnc32)C1=O. The Morgan fingerprint density at radius 1 is 1.27 bits per heavy atom. The van der Waals surface area contributed by atoms with Gasteiger partial charge in [-0.3, -0.25) is 14.3 Å². The Labute approximate surface area is 125 Å². The van der Waals surface area contributed by atoms with E-state index in [0.717, 1.165) is 0 Å². The third-order valence-electron chi connectivity index (χ3n) is 3.63. The second-order valence-corrected chi connectivity index (χ2v) is 5.71. The molecule has 0 atom stereocenters. The summed E-state index contributed by atoms with van der Waals surface area (Å²) in [7, 11) is 0. The van der Waals surface area contributed by atoms with Gasteiger partial charge in [0, 0.05) is 19.3 Å². The number of imide groups is 1. The lowest BCUT2D eigenvalue weighted by Crippen LogP contribution is -2.40. The van der Waals surface area contributed by atoms with Crippen molar-refractivity contribution in [1.29, 1.82) is 0 Å². The lowest BCUT2D eigenvalue weighted by atomic mass is 10.1. The summed E-state index contributed by atoms with van der Waals surface area (Å²) < 4.78 is 6.48. The smallest absolute Gasteiger partial charge is 0.406 e. The average Bonchev–Trinajstić information content (AvgIpc) is 2.87. The summed E-state index contributed by atoms with van der Waals surface area (Å²) >= 11 is 0. The fourth-order valence-corrected chi connectivity index (χ4v) is 2.51. The van der Waals surface area contributed by atoms with Crippen LogP contribution < -0.4 is 11.1 Å². The van der Waals surface area contributed by atoms with E-state index in [1.165, 1.54) is 9.47 Å². The van der Waals surface area contributed by atoms with Gasteiger partial charge >= 0.3 is 11.8 Å². The van der Waals surface area contributed by atoms with Crippen molar-refractivity contribution in [2.24, 2.45) is 0 Å². The fraction of sp³-hybridized carbons (Fsp3) is 0.429. The van der Waals surface area contributed by atoms with Crippen molar-refractivity contribution in [3.63, 3.8) is 0 Å². The van der Waals surface area contributed by atoms with Crippen LogP contribution in [0.15, 0.2) is 27.5 Å². The maximum absolute atomic E-state index is 12.1. The zero-order valence-corrected chi connectivity index (χ0v) is 12.3. The van der Waals surface area contributed by atoms with Crippen molar-refractivity contribution in [2.45, 2.75) is 32.4 Å². The second-order valence-electron chi connectivity index (χ2n) is 5.71. The number of aryl methyl sites for hydroxylation is 1. The van der Waals surface area contributed by atoms with E-state index in [-0.39, 0.29) is 12.5 Å². The van der Waals surface area contributed by atoms with Crippen molar-refractivity contribution >= 4 is 23.2 Å². The number of hydrogen-bond acceptors (Lipinski definition) is 5. The minimum absolute atomic E-state index is 0.236. The van der Waals surface area contributed by atoms with Crippen LogP contribution in [0.5, 0.6) is 0 Å². The molecule has 1 saturated heterocycles. The van der Waals surface area contributed by atoms with Gasteiger partial charge in [-0.1, -0.05) is 0 Å². The van der Waals surface area contributed by atoms with Gasteiger partial charge in [-0.25, -0.2) is 14.6 Å². The number of nitrogens with one attached hydrogen (secondary N) is 1. The molecule has 116 valence electrons. The zero-order valence-electron chi connectivity index (χ0n) is 12.3. The van der Waals surface area contributed by atoms with Crippen molar-refractivity contribution in [2.75, 3.05) is 6.54 Å². The van der Waals surface area contributed by atoms with E-state index in [9.17, 15) is 14.4 Å². The first-order valence-electron chi connectivity index (χ1n) is 6.98. The molecule has 2 aromatic rings. The molecule has 8 heteroatoms. The molecule has 0 bridgehead atoms. The number of rotatable bonds is 4. The van der Waals surface area contributed by atoms with Gasteiger partial charge in [0.05, 0.1) is 0 Å². The number of oxazole rings is 1. The molecule has 3 heterocycles. The first-order chi connectivity index (χ1) is 10.4. The molecule has 22 heavy (non-hydrogen) atoms. The molecule has 1 aliphatic rings. The highest BCUT2D eigenvalue weighted by Gasteiger charge is 2.43. The Bertz CT molecular complexity index is 805. The van der Waals surface area contributed by atoms with Crippen LogP contribution in [0, 0.1) is 0 Å². The van der Waals surface area contributed by atoms with Gasteiger partial charge in [0.25, 0.3) is 5.91 Å². The first-order valence-corrected chi connectivity index (χ1v) is 6.98. The topological polar surface area (TPSA) is 97.4 Å². The summed E-state index contributed by atoms with van der Waals surface area (Å²) in [5.41, 5.74) is 0.00584. The number of fused-ring (bicyclic) bond motifs is 1. The van der Waals surface area contributed by atoms with Crippen LogP contribution >= 0.6 is 0 Å². The van der Waals surface area contributed by atoms with E-state index in [2.05, 4.69) is 10.3 Å². The lowest BCUT2D eigenvalue weighted by Gasteiger charge is -2.15. The average molecular weight is 304 g/mol. The summed E-state index contributed by atoms with van der Waals surface area (Å²) in [6.07, 6.45) is 2.02. The third-order valence-corrected chi connectivity index (χ3v) is 3.63. The first kappa shape index (κ1) is 14.3. The Morgan fingerprint density at radius 3 is 2.73 bits per heavy atom. The molecule has 0 aromatic carbocycles. The quantitative estimate of drug-likeness (QED) is 0.839. The molecule has 0 spiro atoms. The zero-order chi connectivity index (χ0) is 15.9. The van der Waals surface area contributed by atoms with Crippen LogP contribution in [0.1, 0.15) is 20.3 Å². The normalized spacial score (nSPS) is 17.3. The maximum atomic E-state index is 12.1. The lowest BCUT2D eigenvalue weighted by molar-refractivity contribution is -0.130. The highest BCUT2D eigenvalue weighted by Crippen LogP contribution is 2.17. The monoisotopic (exact) mass is 304 g/mol. The van der Waals surface area contributed by atoms with Crippen molar-refractivity contribution < 1.29 is 14.0 Å². The van der Waals surface area contributed by atoms with Gasteiger partial charge in [0.2, 0.25) is 0 Å². The van der Waals surface area contributed by atoms with Gasteiger partial charge in [-0.15, -0.1) is 0 Å². The number of hydrogen-bond donors (Lipinski definition) is 1. The number of pyridine rings is 1. The number of carbonyl (C=O) groups excluding carboxylic acids is 2. The van der Waals surface area contributed by atoms with Crippen LogP contribution in [-0.4, -0.2) is 38.5 Å². The third kappa shape index (κ3) is 2.26. The maximum Gasteiger partial charge on any atom is 0.421 e. The molecule has 0 saturated carbocycles. The number of aromatic nitrogens is 2. The van der Waals surface area contributed by atoms with Crippen molar-refractivity contribution in [3.05, 3.63) is 28.9 Å². The molecular formula is C14H16N4O4. The van der Waals surface area contributed by atoms with Crippen LogP contribution in [0.25, 0.3) is 11.2 Å². The summed E-state index contributed by atoms with van der Waals surface area (Å²) in [6, 6.07) is 2.95. The molecular weight excluding hydrogens is 288 g/mol. The van der Waals surface area contributed by atoms with Crippen LogP contribution in [0.2, 0.25) is 0 Å². The van der Waals surface area contributed by atoms with E-state index in [1.807, 2.05) is 0 Å². The Hall–Kier alpha value is -2.64. The molecule has 0 aliphatic carbocycles. The molecule has 3 rings (SSSR count). The number of amides is 3. The van der Waals surface area contributed by atoms with Gasteiger partial charge in [-0.05, 0) is 32.4 Å². The molecule has 8 nitrogen and oxygen atoms in total. The Kier molecular flexibility index (Phi) is 3.23. The molecule has 1 fully saturated rings. The van der Waals surface area contributed by atoms with E-state index in [0.29, 0.717) is 24.2 Å². The van der Waals surface area contributed by atoms with Crippen LogP contribution in [0.3, 0.4) is 0 Å². The van der Waals surface area contributed by atoms with Gasteiger partial charge in [0.15, 0.2) is 11.2 Å². The van der Waals surface area contributed by atoms with Gasteiger partial charge < -0.3 is 9.73 Å². The standard InChI is InChI=1S/C14H16N4O4/c1-14(2)11(19)18(12(20)16-14)8-4-7-17-10-9(22-13(17)21)5-3-6-15-10/h3,5-6H,4,7-8H2,1-2H3,(H,16,20). The predicted molar refractivity (Wildman–Crippen MR) is 77.2 cm³/mol. The van der Waals surface area contributed by atoms with Crippen LogP contribution in [0.4, 0.5) is 4.79 Å². The molecule has 1 aliphatic heterocycles. The van der Waals surface area contributed by atoms with E-state index >= 15 is 0 Å². The fourth-order valence-electron chi connectivity index (χ4n) is 2.51. The number of nitrogens with zero attached hydrogens (tertiary/aromatic N) is 3. The van der Waals surface area contributed by atoms with Crippen LogP contribution in [-0.2, 0) is 11.3 Å². The molecule has 0 radical (unpaired) electrons. The molecule has 1 N–H and O–H groups in total. The number of carbonyl (C=O) groups is 2. The largest absolute Gasteiger partial charge is 0.421 e. The Balaban J connectivity index is 1.71. The van der Waals surface area contributed by atoms with E-state index in [1.54, 1.807) is 32.2 Å². The molecule has 0 unspecified atom stereocenters. The van der Waals surface area contributed by atoms with Gasteiger partial charge in [-0.2, -0.15) is 0 Å². The number of urea groups is 1. The summed E-state index contributed by atoms with van der Waals surface area (Å²) in [6.45, 7) is 3.87. The van der Waals surface area contributed by atoms with Crippen molar-refractivity contribution in [1.82, 2.24) is 19.8 Å². The Morgan fingerprint density at radius 2 is 2.05 bits per heavy atom. The highest BCUT2D eigenvalue weighted by atomic mass is 16.4. The second kappa shape index (κ2) is 4.97. The van der Waals surface area contributed by atoms with E-state index in [4.69, 9.17) is 4.42 Å². The minimum Gasteiger partial charge on any atom is -0.406 e. The predicted octanol–water partition coefficient (Wildman–Crippen LogP) is 0.710. The van der Waals surface area contributed by atoms with Crippen molar-refractivity contribution in [3.8, 4) is 0 Å².